The van der Waals surface area contributed by atoms with Crippen molar-refractivity contribution < 1.29 is 22.7 Å². The minimum atomic E-state index is -4.91. The molecule has 3 aromatic rings. The highest BCUT2D eigenvalue weighted by atomic mass is 19.4. The highest BCUT2D eigenvalue weighted by molar-refractivity contribution is 6.06. The highest BCUT2D eigenvalue weighted by Gasteiger charge is 2.33. The summed E-state index contributed by atoms with van der Waals surface area (Å²) in [6, 6.07) is 6.29. The molecular formula is C25H24F3N5O2. The Balaban J connectivity index is 1.63. The number of aromatic amines is 1. The van der Waals surface area contributed by atoms with E-state index < -0.39 is 18.0 Å². The monoisotopic (exact) mass is 483 g/mol. The number of halogens is 3. The Morgan fingerprint density at radius 2 is 2.09 bits per heavy atom. The predicted octanol–water partition coefficient (Wildman–Crippen LogP) is 5.48. The molecule has 0 saturated carbocycles. The lowest BCUT2D eigenvalue weighted by atomic mass is 9.90. The maximum Gasteiger partial charge on any atom is 0.573 e. The molecule has 182 valence electrons. The summed E-state index contributed by atoms with van der Waals surface area (Å²) in [6.45, 7) is 8.50. The Kier molecular flexibility index (Phi) is 6.90. The van der Waals surface area contributed by atoms with Gasteiger partial charge in [0, 0.05) is 30.8 Å². The number of nitrogens with one attached hydrogen (secondary N) is 2. The quantitative estimate of drug-likeness (QED) is 0.344. The molecule has 1 aliphatic rings. The number of piperidine rings is 1. The van der Waals surface area contributed by atoms with Crippen molar-refractivity contribution in [3.63, 3.8) is 0 Å². The number of rotatable bonds is 7. The normalized spacial score (nSPS) is 16.7. The summed E-state index contributed by atoms with van der Waals surface area (Å²) >= 11 is 0. The van der Waals surface area contributed by atoms with Gasteiger partial charge in [0.15, 0.2) is 5.75 Å². The lowest BCUT2D eigenvalue weighted by molar-refractivity contribution is -0.274. The van der Waals surface area contributed by atoms with Crippen molar-refractivity contribution >= 4 is 28.4 Å². The summed E-state index contributed by atoms with van der Waals surface area (Å²) in [4.78, 5) is 26.5. The van der Waals surface area contributed by atoms with E-state index in [1.54, 1.807) is 12.3 Å². The van der Waals surface area contributed by atoms with Crippen molar-refractivity contribution in [3.05, 3.63) is 79.3 Å². The number of nitrogens with zero attached hydrogens (tertiary/aromatic N) is 3. The molecule has 1 saturated heterocycles. The first kappa shape index (κ1) is 24.1. The Morgan fingerprint density at radius 3 is 2.83 bits per heavy atom. The molecule has 0 spiro atoms. The number of allylic oxidation sites excluding steroid dienone is 2. The van der Waals surface area contributed by atoms with Gasteiger partial charge in [0.05, 0.1) is 11.1 Å². The third-order valence-electron chi connectivity index (χ3n) is 5.78. The number of aromatic nitrogens is 3. The van der Waals surface area contributed by atoms with E-state index in [1.165, 1.54) is 36.7 Å². The summed E-state index contributed by atoms with van der Waals surface area (Å²) in [7, 11) is 0. The van der Waals surface area contributed by atoms with E-state index in [0.717, 1.165) is 41.8 Å². The Hall–Kier alpha value is -4.08. The number of fused-ring (bicyclic) bond motifs is 1. The van der Waals surface area contributed by atoms with Gasteiger partial charge in [-0.1, -0.05) is 37.5 Å². The van der Waals surface area contributed by atoms with E-state index >= 15 is 0 Å². The molecule has 1 atom stereocenters. The first-order valence-corrected chi connectivity index (χ1v) is 11.0. The average molecular weight is 483 g/mol. The smallest absolute Gasteiger partial charge is 0.404 e. The molecule has 2 N–H and O–H groups in total. The molecule has 1 amide bonds. The Bertz CT molecular complexity index is 1280. The second kappa shape index (κ2) is 10.0. The van der Waals surface area contributed by atoms with Gasteiger partial charge >= 0.3 is 6.36 Å². The van der Waals surface area contributed by atoms with Crippen molar-refractivity contribution in [2.75, 3.05) is 23.3 Å². The molecule has 1 aromatic carbocycles. The van der Waals surface area contributed by atoms with Gasteiger partial charge in [-0.05, 0) is 36.6 Å². The van der Waals surface area contributed by atoms with Crippen LogP contribution in [0.1, 0.15) is 24.3 Å². The minimum absolute atomic E-state index is 0.00545. The number of hydrogen-bond donors (Lipinski definition) is 2. The number of hydrogen-bond acceptors (Lipinski definition) is 5. The third-order valence-corrected chi connectivity index (χ3v) is 5.78. The number of H-pyrrole nitrogens is 1. The van der Waals surface area contributed by atoms with Crippen LogP contribution in [0.15, 0.2) is 73.7 Å². The second-order valence-corrected chi connectivity index (χ2v) is 8.04. The molecular weight excluding hydrogens is 459 g/mol. The van der Waals surface area contributed by atoms with Crippen LogP contribution in [0.4, 0.5) is 24.7 Å². The molecule has 10 heteroatoms. The van der Waals surface area contributed by atoms with E-state index in [4.69, 9.17) is 0 Å². The fourth-order valence-electron chi connectivity index (χ4n) is 4.22. The Labute approximate surface area is 200 Å². The van der Waals surface area contributed by atoms with Gasteiger partial charge in [0.1, 0.15) is 17.8 Å². The van der Waals surface area contributed by atoms with Gasteiger partial charge in [-0.25, -0.2) is 9.97 Å². The topological polar surface area (TPSA) is 83.1 Å². The fourth-order valence-corrected chi connectivity index (χ4v) is 4.22. The van der Waals surface area contributed by atoms with Crippen LogP contribution in [-0.4, -0.2) is 40.3 Å². The maximum absolute atomic E-state index is 13.0. The van der Waals surface area contributed by atoms with Gasteiger partial charge < -0.3 is 19.9 Å². The van der Waals surface area contributed by atoms with E-state index in [-0.39, 0.29) is 17.2 Å². The van der Waals surface area contributed by atoms with Gasteiger partial charge in [0.25, 0.3) is 5.91 Å². The van der Waals surface area contributed by atoms with E-state index in [1.807, 2.05) is 6.07 Å². The molecule has 0 radical (unpaired) electrons. The molecule has 35 heavy (non-hydrogen) atoms. The van der Waals surface area contributed by atoms with Gasteiger partial charge in [-0.15, -0.1) is 13.2 Å². The average Bonchev–Trinajstić information content (AvgIpc) is 3.32. The Morgan fingerprint density at radius 1 is 1.26 bits per heavy atom. The molecule has 1 unspecified atom stereocenters. The van der Waals surface area contributed by atoms with Crippen LogP contribution in [0, 0.1) is 0 Å². The molecule has 4 rings (SSSR count). The summed E-state index contributed by atoms with van der Waals surface area (Å²) in [5.41, 5.74) is 1.61. The number of anilines is 2. The lowest BCUT2D eigenvalue weighted by Gasteiger charge is -2.34. The van der Waals surface area contributed by atoms with Gasteiger partial charge in [0.2, 0.25) is 0 Å². The predicted molar refractivity (Wildman–Crippen MR) is 128 cm³/mol. The van der Waals surface area contributed by atoms with E-state index in [0.29, 0.717) is 6.54 Å². The van der Waals surface area contributed by atoms with Crippen LogP contribution in [0.5, 0.6) is 5.75 Å². The van der Waals surface area contributed by atoms with Crippen molar-refractivity contribution in [1.82, 2.24) is 15.0 Å². The molecule has 0 aliphatic carbocycles. The zero-order chi connectivity index (χ0) is 25.0. The number of carbonyl (C=O) groups excluding carboxylic acids is 1. The number of alkyl halides is 3. The zero-order valence-corrected chi connectivity index (χ0v) is 18.8. The lowest BCUT2D eigenvalue weighted by Crippen LogP contribution is -2.35. The standard InChI is InChI=1S/C25H24F3N5O2/c1-3-6-16(4-2)24(34)32-20-13-17(8-9-21(20)35-25(26,27)28)18-7-5-12-33(14-18)23-19-10-11-29-22(19)30-15-31-23/h3-4,6,8-11,13,15,18H,1-2,5,7,12,14H2,(H,32,34)(H,29,30,31)/b16-6+. The van der Waals surface area contributed by atoms with Crippen LogP contribution >= 0.6 is 0 Å². The first-order chi connectivity index (χ1) is 16.8. The summed E-state index contributed by atoms with van der Waals surface area (Å²) in [6.07, 6.45) is 4.21. The van der Waals surface area contributed by atoms with Gasteiger partial charge in [-0.2, -0.15) is 0 Å². The maximum atomic E-state index is 13.0. The van der Waals surface area contributed by atoms with Crippen LogP contribution in [0.3, 0.4) is 0 Å². The van der Waals surface area contributed by atoms with Crippen molar-refractivity contribution in [1.29, 1.82) is 0 Å². The summed E-state index contributed by atoms with van der Waals surface area (Å²) < 4.78 is 43.2. The summed E-state index contributed by atoms with van der Waals surface area (Å²) in [5.74, 6) is -0.304. The van der Waals surface area contributed by atoms with E-state index in [2.05, 4.69) is 43.1 Å². The molecule has 7 nitrogen and oxygen atoms in total. The van der Waals surface area contributed by atoms with Crippen molar-refractivity contribution in [2.45, 2.75) is 25.1 Å². The number of amides is 1. The number of carbonyl (C=O) groups is 1. The van der Waals surface area contributed by atoms with Gasteiger partial charge in [-0.3, -0.25) is 4.79 Å². The third kappa shape index (κ3) is 5.53. The number of ether oxygens (including phenoxy) is 1. The largest absolute Gasteiger partial charge is 0.573 e. The number of benzene rings is 1. The van der Waals surface area contributed by atoms with Crippen LogP contribution in [0.25, 0.3) is 11.0 Å². The first-order valence-electron chi connectivity index (χ1n) is 11.0. The SMILES string of the molecule is C=C/C=C(\C=C)C(=O)Nc1cc(C2CCCN(c3ncnc4[nH]ccc34)C2)ccc1OC(F)(F)F. The van der Waals surface area contributed by atoms with Crippen molar-refractivity contribution in [2.24, 2.45) is 0 Å². The highest BCUT2D eigenvalue weighted by Crippen LogP contribution is 2.37. The minimum Gasteiger partial charge on any atom is -0.404 e. The van der Waals surface area contributed by atoms with Crippen LogP contribution in [0.2, 0.25) is 0 Å². The molecule has 1 fully saturated rings. The molecule has 1 aliphatic heterocycles. The van der Waals surface area contributed by atoms with Crippen LogP contribution < -0.4 is 15.0 Å². The molecule has 0 bridgehead atoms. The molecule has 2 aromatic heterocycles. The van der Waals surface area contributed by atoms with E-state index in [9.17, 15) is 18.0 Å². The fraction of sp³-hybridized carbons (Fsp3) is 0.240. The second-order valence-electron chi connectivity index (χ2n) is 8.04. The molecule has 3 heterocycles. The zero-order valence-electron chi connectivity index (χ0n) is 18.8. The van der Waals surface area contributed by atoms with Crippen molar-refractivity contribution in [3.8, 4) is 5.75 Å². The van der Waals surface area contributed by atoms with Crippen LogP contribution in [-0.2, 0) is 4.79 Å². The summed E-state index contributed by atoms with van der Waals surface area (Å²) in [5, 5.41) is 3.43.